The van der Waals surface area contributed by atoms with E-state index in [1.54, 1.807) is 6.26 Å². The van der Waals surface area contributed by atoms with E-state index in [1.807, 2.05) is 30.3 Å². The number of benzene rings is 1. The van der Waals surface area contributed by atoms with Gasteiger partial charge in [0.05, 0.1) is 11.6 Å². The summed E-state index contributed by atoms with van der Waals surface area (Å²) in [7, 11) is 0. The molecule has 0 bridgehead atoms. The van der Waals surface area contributed by atoms with Crippen LogP contribution in [0.2, 0.25) is 0 Å². The normalized spacial score (nSPS) is 19.5. The van der Waals surface area contributed by atoms with Crippen molar-refractivity contribution < 1.29 is 14.3 Å². The van der Waals surface area contributed by atoms with Crippen molar-refractivity contribution in [1.29, 1.82) is 0 Å². The summed E-state index contributed by atoms with van der Waals surface area (Å²) in [5, 5.41) is 9.11. The fraction of sp³-hybridized carbons (Fsp3) is 0.375. The predicted molar refractivity (Wildman–Crippen MR) is 77.6 cm³/mol. The van der Waals surface area contributed by atoms with E-state index in [1.165, 1.54) is 0 Å². The van der Waals surface area contributed by atoms with Crippen LogP contribution in [-0.4, -0.2) is 34.0 Å². The first-order valence-corrected chi connectivity index (χ1v) is 7.17. The zero-order chi connectivity index (χ0) is 14.7. The zero-order valence-electron chi connectivity index (χ0n) is 11.7. The quantitative estimate of drug-likeness (QED) is 0.936. The van der Waals surface area contributed by atoms with Crippen LogP contribution in [0.4, 0.5) is 0 Å². The number of oxazole rings is 1. The van der Waals surface area contributed by atoms with E-state index in [0.29, 0.717) is 19.0 Å². The standard InChI is InChI=1S/C16H18N2O3/c19-16(20)13-7-4-8-18(9-13)10-14-11-21-15(17-14)12-5-2-1-3-6-12/h1-3,5-6,11,13H,4,7-10H2,(H,19,20)/t13-/m1/s1. The zero-order valence-corrected chi connectivity index (χ0v) is 11.7. The summed E-state index contributed by atoms with van der Waals surface area (Å²) >= 11 is 0. The van der Waals surface area contributed by atoms with Crippen molar-refractivity contribution in [2.24, 2.45) is 5.92 Å². The van der Waals surface area contributed by atoms with Gasteiger partial charge in [0.1, 0.15) is 6.26 Å². The Bertz CT molecular complexity index is 609. The number of nitrogens with zero attached hydrogens (tertiary/aromatic N) is 2. The summed E-state index contributed by atoms with van der Waals surface area (Å²) in [6, 6.07) is 9.75. The number of piperidine rings is 1. The highest BCUT2D eigenvalue weighted by Gasteiger charge is 2.25. The van der Waals surface area contributed by atoms with Crippen molar-refractivity contribution in [3.05, 3.63) is 42.3 Å². The van der Waals surface area contributed by atoms with Gasteiger partial charge in [0, 0.05) is 18.7 Å². The van der Waals surface area contributed by atoms with Crippen LogP contribution in [0.15, 0.2) is 41.0 Å². The molecule has 1 fully saturated rings. The molecule has 0 spiro atoms. The highest BCUT2D eigenvalue weighted by Crippen LogP contribution is 2.21. The second kappa shape index (κ2) is 6.10. The molecular weight excluding hydrogens is 268 g/mol. The summed E-state index contributed by atoms with van der Waals surface area (Å²) in [6.07, 6.45) is 3.34. The van der Waals surface area contributed by atoms with Crippen molar-refractivity contribution >= 4 is 5.97 Å². The van der Waals surface area contributed by atoms with Gasteiger partial charge in [-0.05, 0) is 31.5 Å². The molecule has 2 aromatic rings. The molecule has 21 heavy (non-hydrogen) atoms. The van der Waals surface area contributed by atoms with Gasteiger partial charge in [0.15, 0.2) is 0 Å². The molecule has 1 aromatic carbocycles. The Morgan fingerprint density at radius 2 is 2.19 bits per heavy atom. The van der Waals surface area contributed by atoms with Gasteiger partial charge in [-0.15, -0.1) is 0 Å². The molecule has 0 radical (unpaired) electrons. The summed E-state index contributed by atoms with van der Waals surface area (Å²) in [5.41, 5.74) is 1.80. The molecule has 1 aliphatic heterocycles. The van der Waals surface area contributed by atoms with Gasteiger partial charge in [0.2, 0.25) is 5.89 Å². The molecule has 3 rings (SSSR count). The van der Waals surface area contributed by atoms with Crippen LogP contribution in [0.1, 0.15) is 18.5 Å². The Hall–Kier alpha value is -2.14. The van der Waals surface area contributed by atoms with E-state index in [2.05, 4.69) is 9.88 Å². The van der Waals surface area contributed by atoms with E-state index in [-0.39, 0.29) is 5.92 Å². The smallest absolute Gasteiger partial charge is 0.307 e. The Labute approximate surface area is 123 Å². The minimum Gasteiger partial charge on any atom is -0.481 e. The van der Waals surface area contributed by atoms with E-state index < -0.39 is 5.97 Å². The minimum absolute atomic E-state index is 0.265. The number of carbonyl (C=O) groups is 1. The van der Waals surface area contributed by atoms with Crippen molar-refractivity contribution in [2.75, 3.05) is 13.1 Å². The maximum absolute atomic E-state index is 11.1. The lowest BCUT2D eigenvalue weighted by molar-refractivity contribution is -0.143. The van der Waals surface area contributed by atoms with Crippen molar-refractivity contribution in [1.82, 2.24) is 9.88 Å². The highest BCUT2D eigenvalue weighted by atomic mass is 16.4. The number of aromatic nitrogens is 1. The average Bonchev–Trinajstić information content (AvgIpc) is 2.97. The van der Waals surface area contributed by atoms with Gasteiger partial charge in [-0.1, -0.05) is 18.2 Å². The SMILES string of the molecule is O=C(O)[C@@H]1CCCN(Cc2coc(-c3ccccc3)n2)C1. The Kier molecular flexibility index (Phi) is 4.01. The number of rotatable bonds is 4. The van der Waals surface area contributed by atoms with E-state index >= 15 is 0 Å². The van der Waals surface area contributed by atoms with Crippen LogP contribution in [-0.2, 0) is 11.3 Å². The average molecular weight is 286 g/mol. The molecule has 0 saturated carbocycles. The van der Waals surface area contributed by atoms with Gasteiger partial charge >= 0.3 is 5.97 Å². The third-order valence-corrected chi connectivity index (χ3v) is 3.81. The van der Waals surface area contributed by atoms with Gasteiger partial charge in [-0.2, -0.15) is 0 Å². The fourth-order valence-corrected chi connectivity index (χ4v) is 2.72. The Morgan fingerprint density at radius 1 is 1.38 bits per heavy atom. The molecule has 110 valence electrons. The topological polar surface area (TPSA) is 66.6 Å². The molecule has 0 unspecified atom stereocenters. The number of hydrogen-bond acceptors (Lipinski definition) is 4. The number of likely N-dealkylation sites (tertiary alicyclic amines) is 1. The molecule has 0 amide bonds. The van der Waals surface area contributed by atoms with Crippen molar-refractivity contribution in [3.8, 4) is 11.5 Å². The summed E-state index contributed by atoms with van der Waals surface area (Å²) in [5.74, 6) is -0.360. The van der Waals surface area contributed by atoms with Crippen LogP contribution in [0.25, 0.3) is 11.5 Å². The van der Waals surface area contributed by atoms with E-state index in [9.17, 15) is 4.79 Å². The van der Waals surface area contributed by atoms with E-state index in [4.69, 9.17) is 9.52 Å². The largest absolute Gasteiger partial charge is 0.481 e. The van der Waals surface area contributed by atoms with Crippen LogP contribution in [0, 0.1) is 5.92 Å². The summed E-state index contributed by atoms with van der Waals surface area (Å²) in [6.45, 7) is 2.14. The second-order valence-corrected chi connectivity index (χ2v) is 5.42. The third-order valence-electron chi connectivity index (χ3n) is 3.81. The highest BCUT2D eigenvalue weighted by molar-refractivity contribution is 5.70. The Morgan fingerprint density at radius 3 is 2.95 bits per heavy atom. The van der Waals surface area contributed by atoms with Crippen LogP contribution in [0.5, 0.6) is 0 Å². The molecule has 2 heterocycles. The number of hydrogen-bond donors (Lipinski definition) is 1. The van der Waals surface area contributed by atoms with Crippen LogP contribution < -0.4 is 0 Å². The Balaban J connectivity index is 1.66. The third kappa shape index (κ3) is 3.31. The lowest BCUT2D eigenvalue weighted by Gasteiger charge is -2.29. The minimum atomic E-state index is -0.704. The molecule has 1 aromatic heterocycles. The van der Waals surface area contributed by atoms with Crippen molar-refractivity contribution in [3.63, 3.8) is 0 Å². The molecule has 1 aliphatic rings. The summed E-state index contributed by atoms with van der Waals surface area (Å²) in [4.78, 5) is 17.7. The molecule has 5 nitrogen and oxygen atoms in total. The van der Waals surface area contributed by atoms with Gasteiger partial charge < -0.3 is 9.52 Å². The number of aliphatic carboxylic acids is 1. The summed E-state index contributed by atoms with van der Waals surface area (Å²) < 4.78 is 5.51. The van der Waals surface area contributed by atoms with Crippen LogP contribution in [0.3, 0.4) is 0 Å². The molecule has 0 aliphatic carbocycles. The maximum Gasteiger partial charge on any atom is 0.307 e. The van der Waals surface area contributed by atoms with Gasteiger partial charge in [-0.25, -0.2) is 4.98 Å². The van der Waals surface area contributed by atoms with Crippen molar-refractivity contribution in [2.45, 2.75) is 19.4 Å². The molecule has 5 heteroatoms. The first-order valence-electron chi connectivity index (χ1n) is 7.17. The number of carboxylic acid groups (broad SMARTS) is 1. The first kappa shape index (κ1) is 13.8. The maximum atomic E-state index is 11.1. The lowest BCUT2D eigenvalue weighted by atomic mass is 9.98. The molecule has 1 N–H and O–H groups in total. The predicted octanol–water partition coefficient (Wildman–Crippen LogP) is 2.64. The monoisotopic (exact) mass is 286 g/mol. The molecule has 1 atom stereocenters. The first-order chi connectivity index (χ1) is 10.2. The van der Waals surface area contributed by atoms with Gasteiger partial charge in [-0.3, -0.25) is 9.69 Å². The van der Waals surface area contributed by atoms with E-state index in [0.717, 1.165) is 30.6 Å². The molecule has 1 saturated heterocycles. The fourth-order valence-electron chi connectivity index (χ4n) is 2.72. The number of carboxylic acids is 1. The second-order valence-electron chi connectivity index (χ2n) is 5.42. The van der Waals surface area contributed by atoms with Crippen LogP contribution >= 0.6 is 0 Å². The van der Waals surface area contributed by atoms with Gasteiger partial charge in [0.25, 0.3) is 0 Å². The molecular formula is C16H18N2O3. The lowest BCUT2D eigenvalue weighted by Crippen LogP contribution is -2.38.